The Hall–Kier alpha value is -0.630. The summed E-state index contributed by atoms with van der Waals surface area (Å²) in [6.07, 6.45) is 2.85. The quantitative estimate of drug-likeness (QED) is 0.423. The summed E-state index contributed by atoms with van der Waals surface area (Å²) in [5.74, 6) is 1.28. The lowest BCUT2D eigenvalue weighted by atomic mass is 9.98. The van der Waals surface area contributed by atoms with Crippen molar-refractivity contribution < 1.29 is 9.53 Å². The molecule has 0 aliphatic carbocycles. The molecule has 2 atom stereocenters. The summed E-state index contributed by atoms with van der Waals surface area (Å²) in [4.78, 5) is 14.5. The predicted molar refractivity (Wildman–Crippen MR) is 120 cm³/mol. The number of rotatable bonds is 12. The molecule has 2 N–H and O–H groups in total. The number of hydrogen-bond acceptors (Lipinski definition) is 4. The average molecular weight is 507 g/mol. The third-order valence-corrected chi connectivity index (χ3v) is 6.26. The molecule has 0 spiro atoms. The first-order valence-electron chi connectivity index (χ1n) is 9.49. The highest BCUT2D eigenvalue weighted by Gasteiger charge is 2.21. The summed E-state index contributed by atoms with van der Waals surface area (Å²) in [5, 5.41) is 6.17. The fourth-order valence-corrected chi connectivity index (χ4v) is 4.28. The van der Waals surface area contributed by atoms with Crippen molar-refractivity contribution in [2.75, 3.05) is 40.8 Å². The third kappa shape index (κ3) is 8.10. The zero-order valence-corrected chi connectivity index (χ0v) is 20.2. The minimum absolute atomic E-state index is 0.0976. The molecule has 0 radical (unpaired) electrons. The van der Waals surface area contributed by atoms with Crippen molar-refractivity contribution in [2.24, 2.45) is 5.92 Å². The van der Waals surface area contributed by atoms with E-state index in [1.165, 1.54) is 5.56 Å². The summed E-state index contributed by atoms with van der Waals surface area (Å²) in [6, 6.07) is 3.98. The molecule has 5 nitrogen and oxygen atoms in total. The third-order valence-electron chi connectivity index (χ3n) is 4.91. The van der Waals surface area contributed by atoms with Crippen LogP contribution in [-0.4, -0.2) is 57.7 Å². The maximum atomic E-state index is 12.2. The van der Waals surface area contributed by atoms with Gasteiger partial charge in [-0.2, -0.15) is 0 Å². The van der Waals surface area contributed by atoms with Gasteiger partial charge in [-0.25, -0.2) is 0 Å². The number of hydrogen-bond donors (Lipinski definition) is 2. The van der Waals surface area contributed by atoms with Crippen LogP contribution in [0.1, 0.15) is 32.3 Å². The van der Waals surface area contributed by atoms with E-state index in [9.17, 15) is 4.79 Å². The number of carbonyl (C=O) groups excluding carboxylic acids is 1. The molecular formula is C20H33Br2N3O2. The number of nitrogens with zero attached hydrogens (tertiary/aromatic N) is 1. The molecule has 154 valence electrons. The molecule has 1 aromatic carbocycles. The number of ether oxygens (including phenoxy) is 1. The zero-order chi connectivity index (χ0) is 20.4. The van der Waals surface area contributed by atoms with Gasteiger partial charge in [-0.15, -0.1) is 0 Å². The normalized spacial score (nSPS) is 13.5. The molecule has 0 fully saturated rings. The SMILES string of the molecule is CC[C@H](C)[C@@H](NC)C(=O)NCCCN(C)CCc1cc(OC)c(Br)cc1Br. The van der Waals surface area contributed by atoms with Gasteiger partial charge in [0.05, 0.1) is 17.6 Å². The Bertz CT molecular complexity index is 599. The monoisotopic (exact) mass is 505 g/mol. The van der Waals surface area contributed by atoms with Gasteiger partial charge in [-0.1, -0.05) is 36.2 Å². The van der Waals surface area contributed by atoms with Crippen LogP contribution >= 0.6 is 31.9 Å². The summed E-state index contributed by atoms with van der Waals surface area (Å²) in [7, 11) is 5.64. The highest BCUT2D eigenvalue weighted by atomic mass is 79.9. The van der Waals surface area contributed by atoms with Crippen LogP contribution in [0.3, 0.4) is 0 Å². The minimum Gasteiger partial charge on any atom is -0.496 e. The van der Waals surface area contributed by atoms with E-state index >= 15 is 0 Å². The van der Waals surface area contributed by atoms with Gasteiger partial charge < -0.3 is 20.3 Å². The Morgan fingerprint density at radius 3 is 2.56 bits per heavy atom. The molecule has 27 heavy (non-hydrogen) atoms. The van der Waals surface area contributed by atoms with Crippen molar-refractivity contribution in [1.82, 2.24) is 15.5 Å². The fraction of sp³-hybridized carbons (Fsp3) is 0.650. The van der Waals surface area contributed by atoms with Crippen molar-refractivity contribution in [1.29, 1.82) is 0 Å². The highest BCUT2D eigenvalue weighted by Crippen LogP contribution is 2.31. The molecule has 0 heterocycles. The second-order valence-electron chi connectivity index (χ2n) is 6.93. The number of carbonyl (C=O) groups is 1. The first-order chi connectivity index (χ1) is 12.8. The molecular weight excluding hydrogens is 474 g/mol. The maximum Gasteiger partial charge on any atom is 0.237 e. The largest absolute Gasteiger partial charge is 0.496 e. The van der Waals surface area contributed by atoms with Crippen LogP contribution in [-0.2, 0) is 11.2 Å². The first kappa shape index (κ1) is 24.4. The van der Waals surface area contributed by atoms with Crippen LogP contribution in [0.25, 0.3) is 0 Å². The van der Waals surface area contributed by atoms with E-state index in [0.717, 1.165) is 47.0 Å². The topological polar surface area (TPSA) is 53.6 Å². The van der Waals surface area contributed by atoms with Crippen LogP contribution in [0.2, 0.25) is 0 Å². The number of amides is 1. The van der Waals surface area contributed by atoms with E-state index in [1.54, 1.807) is 7.11 Å². The Balaban J connectivity index is 2.36. The Labute approximate surface area is 180 Å². The van der Waals surface area contributed by atoms with Crippen LogP contribution in [0.4, 0.5) is 0 Å². The molecule has 0 saturated carbocycles. The zero-order valence-electron chi connectivity index (χ0n) is 17.1. The van der Waals surface area contributed by atoms with Gasteiger partial charge in [-0.3, -0.25) is 4.79 Å². The van der Waals surface area contributed by atoms with E-state index in [1.807, 2.05) is 13.1 Å². The van der Waals surface area contributed by atoms with E-state index in [2.05, 4.69) is 74.4 Å². The van der Waals surface area contributed by atoms with Gasteiger partial charge >= 0.3 is 0 Å². The van der Waals surface area contributed by atoms with Crippen LogP contribution in [0, 0.1) is 5.92 Å². The molecule has 0 saturated heterocycles. The van der Waals surface area contributed by atoms with Gasteiger partial charge in [0.1, 0.15) is 5.75 Å². The number of methoxy groups -OCH3 is 1. The Morgan fingerprint density at radius 2 is 1.96 bits per heavy atom. The Morgan fingerprint density at radius 1 is 1.26 bits per heavy atom. The van der Waals surface area contributed by atoms with Crippen molar-refractivity contribution in [3.8, 4) is 5.75 Å². The summed E-state index contributed by atoms with van der Waals surface area (Å²) in [6.45, 7) is 6.80. The van der Waals surface area contributed by atoms with E-state index in [0.29, 0.717) is 12.5 Å². The minimum atomic E-state index is -0.113. The highest BCUT2D eigenvalue weighted by molar-refractivity contribution is 9.11. The standard InChI is InChI=1S/C20H33Br2N3O2/c1-6-14(2)19(23-3)20(26)24-9-7-10-25(4)11-8-15-12-18(27-5)17(22)13-16(15)21/h12-14,19,23H,6-11H2,1-5H3,(H,24,26)/t14-,19+/m0/s1. The van der Waals surface area contributed by atoms with Crippen molar-refractivity contribution in [3.63, 3.8) is 0 Å². The second kappa shape index (κ2) is 12.8. The number of benzene rings is 1. The number of likely N-dealkylation sites (N-methyl/N-ethyl adjacent to an activating group) is 2. The molecule has 0 aromatic heterocycles. The molecule has 0 aliphatic heterocycles. The first-order valence-corrected chi connectivity index (χ1v) is 11.1. The fourth-order valence-electron chi connectivity index (χ4n) is 2.92. The summed E-state index contributed by atoms with van der Waals surface area (Å²) in [5.41, 5.74) is 1.22. The maximum absolute atomic E-state index is 12.2. The van der Waals surface area contributed by atoms with Gasteiger partial charge in [0.25, 0.3) is 0 Å². The van der Waals surface area contributed by atoms with E-state index < -0.39 is 0 Å². The molecule has 0 unspecified atom stereocenters. The Kier molecular flexibility index (Phi) is 11.5. The molecule has 1 amide bonds. The van der Waals surface area contributed by atoms with E-state index in [4.69, 9.17) is 4.74 Å². The van der Waals surface area contributed by atoms with Gasteiger partial charge in [0, 0.05) is 17.6 Å². The lowest BCUT2D eigenvalue weighted by molar-refractivity contribution is -0.124. The molecule has 1 aromatic rings. The summed E-state index contributed by atoms with van der Waals surface area (Å²) >= 11 is 7.12. The molecule has 0 aliphatic rings. The van der Waals surface area contributed by atoms with Gasteiger partial charge in [0.15, 0.2) is 0 Å². The van der Waals surface area contributed by atoms with Crippen LogP contribution in [0.15, 0.2) is 21.1 Å². The lowest BCUT2D eigenvalue weighted by Gasteiger charge is -2.22. The number of halogens is 2. The molecule has 7 heteroatoms. The smallest absolute Gasteiger partial charge is 0.237 e. The average Bonchev–Trinajstić information content (AvgIpc) is 2.64. The lowest BCUT2D eigenvalue weighted by Crippen LogP contribution is -2.47. The van der Waals surface area contributed by atoms with Gasteiger partial charge in [-0.05, 0) is 73.0 Å². The van der Waals surface area contributed by atoms with Crippen LogP contribution in [0.5, 0.6) is 5.75 Å². The number of nitrogens with one attached hydrogen (secondary N) is 2. The van der Waals surface area contributed by atoms with E-state index in [-0.39, 0.29) is 11.9 Å². The van der Waals surface area contributed by atoms with Crippen molar-refractivity contribution >= 4 is 37.8 Å². The van der Waals surface area contributed by atoms with Crippen LogP contribution < -0.4 is 15.4 Å². The summed E-state index contributed by atoms with van der Waals surface area (Å²) < 4.78 is 7.40. The van der Waals surface area contributed by atoms with Crippen molar-refractivity contribution in [2.45, 2.75) is 39.2 Å². The second-order valence-corrected chi connectivity index (χ2v) is 8.64. The van der Waals surface area contributed by atoms with Gasteiger partial charge in [0.2, 0.25) is 5.91 Å². The molecule has 1 rings (SSSR count). The molecule has 0 bridgehead atoms. The predicted octanol–water partition coefficient (Wildman–Crippen LogP) is 3.83. The van der Waals surface area contributed by atoms with Crippen molar-refractivity contribution in [3.05, 3.63) is 26.6 Å².